The van der Waals surface area contributed by atoms with Crippen molar-refractivity contribution in [2.24, 2.45) is 0 Å². The summed E-state index contributed by atoms with van der Waals surface area (Å²) in [6.45, 7) is 9.65. The molecule has 1 aliphatic rings. The van der Waals surface area contributed by atoms with Gasteiger partial charge in [-0.05, 0) is 105 Å². The number of rotatable bonds is 5. The number of hydrogen-bond donors (Lipinski definition) is 0. The van der Waals surface area contributed by atoms with Crippen LogP contribution < -0.4 is 0 Å². The normalized spacial score (nSPS) is 14.5. The zero-order chi connectivity index (χ0) is 42.5. The summed E-state index contributed by atoms with van der Waals surface area (Å²) in [5.74, 6) is 1.77. The van der Waals surface area contributed by atoms with Crippen molar-refractivity contribution < 1.29 is 0 Å². The number of nitrogens with zero attached hydrogens (tertiary/aromatic N) is 6. The maximum atomic E-state index is 5.36. The lowest BCUT2D eigenvalue weighted by atomic mass is 9.63. The van der Waals surface area contributed by atoms with Gasteiger partial charge in [-0.15, -0.1) is 0 Å². The molecular formula is C57H44N6. The van der Waals surface area contributed by atoms with E-state index in [1.807, 2.05) is 30.6 Å². The first-order chi connectivity index (χ1) is 30.7. The van der Waals surface area contributed by atoms with Gasteiger partial charge in [-0.3, -0.25) is 9.97 Å². The summed E-state index contributed by atoms with van der Waals surface area (Å²) in [6.07, 6.45) is 5.95. The third kappa shape index (κ3) is 5.96. The van der Waals surface area contributed by atoms with Crippen molar-refractivity contribution in [1.82, 2.24) is 29.5 Å². The molecule has 6 nitrogen and oxygen atoms in total. The number of fused-ring (bicyclic) bond motifs is 9. The van der Waals surface area contributed by atoms with Crippen LogP contribution in [-0.2, 0) is 10.8 Å². The van der Waals surface area contributed by atoms with Crippen LogP contribution in [0.1, 0.15) is 51.7 Å². The second kappa shape index (κ2) is 14.0. The average molecular weight is 813 g/mol. The Labute approximate surface area is 366 Å². The molecule has 302 valence electrons. The highest BCUT2D eigenvalue weighted by Crippen LogP contribution is 2.49. The van der Waals surface area contributed by atoms with Gasteiger partial charge >= 0.3 is 0 Å². The van der Waals surface area contributed by atoms with Gasteiger partial charge in [0.1, 0.15) is 0 Å². The van der Waals surface area contributed by atoms with Gasteiger partial charge in [-0.2, -0.15) is 0 Å². The maximum Gasteiger partial charge on any atom is 0.164 e. The molecule has 12 rings (SSSR count). The SMILES string of the molecule is CC1(C)CCC(C)(C)c2cc3c(cc21)c1c2ccccc2ccc1n3-c1cccc(-c2nc(-c3ccccc3-c3ccccc3)nc(-c3cc4cccnc4c4ncccc34)n2)c1. The molecule has 1 aliphatic carbocycles. The fourth-order valence-electron chi connectivity index (χ4n) is 10.2. The molecule has 0 fully saturated rings. The van der Waals surface area contributed by atoms with Gasteiger partial charge < -0.3 is 4.57 Å². The molecule has 11 aromatic rings. The topological polar surface area (TPSA) is 69.4 Å². The summed E-state index contributed by atoms with van der Waals surface area (Å²) >= 11 is 0. The molecule has 63 heavy (non-hydrogen) atoms. The van der Waals surface area contributed by atoms with Crippen LogP contribution in [0.3, 0.4) is 0 Å². The molecule has 0 N–H and O–H groups in total. The fraction of sp³-hybridized carbons (Fsp3) is 0.140. The van der Waals surface area contributed by atoms with Crippen molar-refractivity contribution in [3.63, 3.8) is 0 Å². The molecule has 0 aliphatic heterocycles. The zero-order valence-electron chi connectivity index (χ0n) is 35.8. The maximum absolute atomic E-state index is 5.36. The van der Waals surface area contributed by atoms with Crippen LogP contribution in [0.25, 0.3) is 105 Å². The summed E-state index contributed by atoms with van der Waals surface area (Å²) in [5.41, 5.74) is 13.0. The van der Waals surface area contributed by atoms with Crippen LogP contribution in [0.15, 0.2) is 170 Å². The van der Waals surface area contributed by atoms with Crippen molar-refractivity contribution in [2.75, 3.05) is 0 Å². The Morgan fingerprint density at radius 2 is 1.06 bits per heavy atom. The second-order valence-electron chi connectivity index (χ2n) is 18.4. The van der Waals surface area contributed by atoms with Crippen molar-refractivity contribution in [2.45, 2.75) is 51.4 Å². The largest absolute Gasteiger partial charge is 0.309 e. The number of pyridine rings is 2. The summed E-state index contributed by atoms with van der Waals surface area (Å²) in [6, 6.07) is 56.1. The Morgan fingerprint density at radius 1 is 0.429 bits per heavy atom. The van der Waals surface area contributed by atoms with Crippen LogP contribution >= 0.6 is 0 Å². The van der Waals surface area contributed by atoms with Crippen LogP contribution in [-0.4, -0.2) is 29.5 Å². The van der Waals surface area contributed by atoms with E-state index in [9.17, 15) is 0 Å². The standard InChI is InChI=1S/C57H44N6/c1-56(2)27-28-57(3,4)47-34-49-45(33-46(47)56)50-41-22-9-8-17-36(41)25-26-48(50)63(49)39-20-12-18-38(31-39)53-60-54(43-23-11-10-21-40(43)35-15-6-5-7-16-35)62-55(61-53)44-32-37-19-13-29-58-51(37)52-42(44)24-14-30-59-52/h5-26,29-34H,27-28H2,1-4H3. The van der Waals surface area contributed by atoms with Gasteiger partial charge in [0, 0.05) is 56.3 Å². The van der Waals surface area contributed by atoms with E-state index in [0.717, 1.165) is 68.2 Å². The molecule has 0 bridgehead atoms. The lowest BCUT2D eigenvalue weighted by Crippen LogP contribution is -2.33. The van der Waals surface area contributed by atoms with Crippen LogP contribution in [0, 0.1) is 0 Å². The molecule has 0 atom stereocenters. The minimum absolute atomic E-state index is 0.0521. The quantitative estimate of drug-likeness (QED) is 0.162. The van der Waals surface area contributed by atoms with Crippen LogP contribution in [0.2, 0.25) is 0 Å². The molecule has 0 saturated carbocycles. The molecule has 4 heterocycles. The summed E-state index contributed by atoms with van der Waals surface area (Å²) in [5, 5.41) is 6.97. The van der Waals surface area contributed by atoms with E-state index in [-0.39, 0.29) is 10.8 Å². The lowest BCUT2D eigenvalue weighted by molar-refractivity contribution is 0.332. The monoisotopic (exact) mass is 812 g/mol. The van der Waals surface area contributed by atoms with E-state index in [1.165, 1.54) is 43.7 Å². The van der Waals surface area contributed by atoms with Crippen molar-refractivity contribution in [3.05, 3.63) is 181 Å². The molecule has 0 spiro atoms. The molecule has 0 saturated heterocycles. The van der Waals surface area contributed by atoms with E-state index in [2.05, 4.69) is 172 Å². The summed E-state index contributed by atoms with van der Waals surface area (Å²) < 4.78 is 2.46. The Hall–Kier alpha value is -7.57. The highest BCUT2D eigenvalue weighted by atomic mass is 15.0. The van der Waals surface area contributed by atoms with Crippen LogP contribution in [0.5, 0.6) is 0 Å². The molecule has 7 aromatic carbocycles. The van der Waals surface area contributed by atoms with E-state index >= 15 is 0 Å². The third-order valence-corrected chi connectivity index (χ3v) is 13.6. The van der Waals surface area contributed by atoms with Crippen molar-refractivity contribution in [1.29, 1.82) is 0 Å². The minimum atomic E-state index is 0.0521. The second-order valence-corrected chi connectivity index (χ2v) is 18.4. The first-order valence-electron chi connectivity index (χ1n) is 21.9. The summed E-state index contributed by atoms with van der Waals surface area (Å²) in [7, 11) is 0. The lowest BCUT2D eigenvalue weighted by Gasteiger charge is -2.42. The molecule has 6 heteroatoms. The summed E-state index contributed by atoms with van der Waals surface area (Å²) in [4.78, 5) is 25.6. The van der Waals surface area contributed by atoms with Gasteiger partial charge in [-0.1, -0.05) is 137 Å². The molecule has 0 radical (unpaired) electrons. The first-order valence-corrected chi connectivity index (χ1v) is 21.9. The Bertz CT molecular complexity index is 3640. The van der Waals surface area contributed by atoms with Gasteiger partial charge in [0.25, 0.3) is 0 Å². The van der Waals surface area contributed by atoms with E-state index in [1.54, 1.807) is 0 Å². The predicted octanol–water partition coefficient (Wildman–Crippen LogP) is 14.2. The fourth-order valence-corrected chi connectivity index (χ4v) is 10.2. The first kappa shape index (κ1) is 37.2. The zero-order valence-corrected chi connectivity index (χ0v) is 35.8. The molecule has 0 amide bonds. The van der Waals surface area contributed by atoms with Gasteiger partial charge in [-0.25, -0.2) is 15.0 Å². The average Bonchev–Trinajstić information content (AvgIpc) is 3.67. The van der Waals surface area contributed by atoms with Crippen molar-refractivity contribution >= 4 is 54.4 Å². The van der Waals surface area contributed by atoms with E-state index in [4.69, 9.17) is 24.9 Å². The van der Waals surface area contributed by atoms with Crippen molar-refractivity contribution in [3.8, 4) is 51.0 Å². The van der Waals surface area contributed by atoms with Gasteiger partial charge in [0.15, 0.2) is 17.5 Å². The minimum Gasteiger partial charge on any atom is -0.309 e. The Kier molecular flexibility index (Phi) is 8.26. The van der Waals surface area contributed by atoms with Gasteiger partial charge in [0.2, 0.25) is 0 Å². The third-order valence-electron chi connectivity index (χ3n) is 13.6. The molecule has 4 aromatic heterocycles. The smallest absolute Gasteiger partial charge is 0.164 e. The Balaban J connectivity index is 1.12. The predicted molar refractivity (Wildman–Crippen MR) is 259 cm³/mol. The van der Waals surface area contributed by atoms with Crippen LogP contribution in [0.4, 0.5) is 0 Å². The van der Waals surface area contributed by atoms with E-state index in [0.29, 0.717) is 17.5 Å². The number of hydrogen-bond acceptors (Lipinski definition) is 5. The number of aromatic nitrogens is 6. The highest BCUT2D eigenvalue weighted by molar-refractivity contribution is 6.21. The van der Waals surface area contributed by atoms with Gasteiger partial charge in [0.05, 0.1) is 22.1 Å². The highest BCUT2D eigenvalue weighted by Gasteiger charge is 2.38. The molecule has 0 unspecified atom stereocenters. The van der Waals surface area contributed by atoms with E-state index < -0.39 is 0 Å². The molecular weight excluding hydrogens is 769 g/mol. The Morgan fingerprint density at radius 3 is 1.89 bits per heavy atom. The number of benzene rings is 7.